The highest BCUT2D eigenvalue weighted by atomic mass is 16.5. The first-order chi connectivity index (χ1) is 8.17. The molecule has 0 spiro atoms. The third-order valence-corrected chi connectivity index (χ3v) is 2.31. The summed E-state index contributed by atoms with van der Waals surface area (Å²) >= 11 is 0. The van der Waals surface area contributed by atoms with Crippen molar-refractivity contribution in [2.24, 2.45) is 0 Å². The Balaban J connectivity index is 2.55. The number of hydrogen-bond acceptors (Lipinski definition) is 3. The van der Waals surface area contributed by atoms with E-state index in [4.69, 9.17) is 4.74 Å². The number of aromatic nitrogens is 1. The standard InChI is InChI=1S/C12H19N3O2/c1-4-6-9(2)14-12(16)15-10-7-5-8-13-11(10)17-3/h5,7-9H,4,6H2,1-3H3,(H2,14,15,16)/t9-/m1/s1. The van der Waals surface area contributed by atoms with Gasteiger partial charge in [0.05, 0.1) is 7.11 Å². The molecule has 2 N–H and O–H groups in total. The van der Waals surface area contributed by atoms with Crippen molar-refractivity contribution >= 4 is 11.7 Å². The molecule has 1 aromatic rings. The second-order valence-corrected chi connectivity index (χ2v) is 3.85. The molecule has 1 aromatic heterocycles. The molecular formula is C12H19N3O2. The molecule has 5 heteroatoms. The number of rotatable bonds is 5. The molecule has 94 valence electrons. The maximum Gasteiger partial charge on any atom is 0.319 e. The summed E-state index contributed by atoms with van der Waals surface area (Å²) in [6.07, 6.45) is 3.61. The van der Waals surface area contributed by atoms with Crippen LogP contribution in [0.2, 0.25) is 0 Å². The fourth-order valence-electron chi connectivity index (χ4n) is 1.54. The summed E-state index contributed by atoms with van der Waals surface area (Å²) < 4.78 is 5.05. The zero-order valence-corrected chi connectivity index (χ0v) is 10.5. The number of methoxy groups -OCH3 is 1. The number of urea groups is 1. The lowest BCUT2D eigenvalue weighted by molar-refractivity contribution is 0.248. The van der Waals surface area contributed by atoms with E-state index in [1.807, 2.05) is 6.92 Å². The summed E-state index contributed by atoms with van der Waals surface area (Å²) in [5.74, 6) is 0.408. The molecule has 0 aliphatic carbocycles. The number of pyridine rings is 1. The van der Waals surface area contributed by atoms with E-state index < -0.39 is 0 Å². The van der Waals surface area contributed by atoms with Gasteiger partial charge in [-0.3, -0.25) is 0 Å². The highest BCUT2D eigenvalue weighted by Gasteiger charge is 2.09. The van der Waals surface area contributed by atoms with E-state index in [9.17, 15) is 4.79 Å². The molecule has 1 atom stereocenters. The molecule has 0 saturated carbocycles. The zero-order valence-electron chi connectivity index (χ0n) is 10.5. The van der Waals surface area contributed by atoms with Crippen LogP contribution in [-0.4, -0.2) is 24.2 Å². The highest BCUT2D eigenvalue weighted by molar-refractivity contribution is 5.90. The minimum Gasteiger partial charge on any atom is -0.480 e. The van der Waals surface area contributed by atoms with Gasteiger partial charge in [0.15, 0.2) is 0 Å². The molecule has 2 amide bonds. The number of carbonyl (C=O) groups is 1. The third kappa shape index (κ3) is 4.30. The average Bonchev–Trinajstić information content (AvgIpc) is 2.29. The summed E-state index contributed by atoms with van der Waals surface area (Å²) in [7, 11) is 1.52. The van der Waals surface area contributed by atoms with Crippen LogP contribution in [0.3, 0.4) is 0 Å². The van der Waals surface area contributed by atoms with Crippen molar-refractivity contribution in [3.63, 3.8) is 0 Å². The summed E-state index contributed by atoms with van der Waals surface area (Å²) in [4.78, 5) is 15.7. The second kappa shape index (κ2) is 6.73. The Hall–Kier alpha value is -1.78. The quantitative estimate of drug-likeness (QED) is 0.826. The van der Waals surface area contributed by atoms with Gasteiger partial charge in [0.2, 0.25) is 5.88 Å². The van der Waals surface area contributed by atoms with Crippen LogP contribution >= 0.6 is 0 Å². The normalized spacial score (nSPS) is 11.7. The van der Waals surface area contributed by atoms with Crippen LogP contribution in [0, 0.1) is 0 Å². The highest BCUT2D eigenvalue weighted by Crippen LogP contribution is 2.19. The van der Waals surface area contributed by atoms with Gasteiger partial charge in [0.25, 0.3) is 0 Å². The number of amides is 2. The van der Waals surface area contributed by atoms with E-state index in [1.165, 1.54) is 7.11 Å². The van der Waals surface area contributed by atoms with Crippen LogP contribution in [0.25, 0.3) is 0 Å². The lowest BCUT2D eigenvalue weighted by Gasteiger charge is -2.14. The number of nitrogens with zero attached hydrogens (tertiary/aromatic N) is 1. The molecule has 0 fully saturated rings. The van der Waals surface area contributed by atoms with Crippen LogP contribution in [-0.2, 0) is 0 Å². The van der Waals surface area contributed by atoms with Gasteiger partial charge < -0.3 is 15.4 Å². The first-order valence-electron chi connectivity index (χ1n) is 5.74. The second-order valence-electron chi connectivity index (χ2n) is 3.85. The van der Waals surface area contributed by atoms with Crippen LogP contribution < -0.4 is 15.4 Å². The van der Waals surface area contributed by atoms with Crippen LogP contribution in [0.4, 0.5) is 10.5 Å². The molecule has 5 nitrogen and oxygen atoms in total. The number of nitrogens with one attached hydrogen (secondary N) is 2. The molecule has 0 bridgehead atoms. The summed E-state index contributed by atoms with van der Waals surface area (Å²) in [5.41, 5.74) is 0.566. The first-order valence-corrected chi connectivity index (χ1v) is 5.74. The zero-order chi connectivity index (χ0) is 12.7. The molecule has 0 aliphatic heterocycles. The van der Waals surface area contributed by atoms with E-state index in [1.54, 1.807) is 18.3 Å². The lowest BCUT2D eigenvalue weighted by Crippen LogP contribution is -2.36. The number of hydrogen-bond donors (Lipinski definition) is 2. The molecule has 0 saturated heterocycles. The van der Waals surface area contributed by atoms with Gasteiger partial charge in [0, 0.05) is 12.2 Å². The summed E-state index contributed by atoms with van der Waals surface area (Å²) in [5, 5.41) is 5.56. The Labute approximate surface area is 102 Å². The predicted molar refractivity (Wildman–Crippen MR) is 67.3 cm³/mol. The molecule has 17 heavy (non-hydrogen) atoms. The van der Waals surface area contributed by atoms with Crippen LogP contribution in [0.15, 0.2) is 18.3 Å². The van der Waals surface area contributed by atoms with Crippen LogP contribution in [0.5, 0.6) is 5.88 Å². The van der Waals surface area contributed by atoms with Crippen molar-refractivity contribution in [2.45, 2.75) is 32.7 Å². The van der Waals surface area contributed by atoms with Crippen molar-refractivity contribution in [1.29, 1.82) is 0 Å². The van der Waals surface area contributed by atoms with Gasteiger partial charge in [-0.25, -0.2) is 9.78 Å². The molecule has 1 rings (SSSR count). The molecule has 0 aliphatic rings. The van der Waals surface area contributed by atoms with Crippen molar-refractivity contribution in [1.82, 2.24) is 10.3 Å². The van der Waals surface area contributed by atoms with Crippen LogP contribution in [0.1, 0.15) is 26.7 Å². The fourth-order valence-corrected chi connectivity index (χ4v) is 1.54. The number of carbonyl (C=O) groups excluding carboxylic acids is 1. The van der Waals surface area contributed by atoms with Crippen molar-refractivity contribution in [2.75, 3.05) is 12.4 Å². The van der Waals surface area contributed by atoms with Gasteiger partial charge >= 0.3 is 6.03 Å². The molecule has 1 heterocycles. The lowest BCUT2D eigenvalue weighted by atomic mass is 10.2. The van der Waals surface area contributed by atoms with Gasteiger partial charge in [-0.2, -0.15) is 0 Å². The Bertz CT molecular complexity index is 369. The van der Waals surface area contributed by atoms with Crippen molar-refractivity contribution < 1.29 is 9.53 Å². The monoisotopic (exact) mass is 237 g/mol. The van der Waals surface area contributed by atoms with Gasteiger partial charge in [-0.15, -0.1) is 0 Å². The maximum absolute atomic E-state index is 11.7. The topological polar surface area (TPSA) is 63.2 Å². The van der Waals surface area contributed by atoms with E-state index in [-0.39, 0.29) is 12.1 Å². The number of anilines is 1. The smallest absolute Gasteiger partial charge is 0.319 e. The Morgan fingerprint density at radius 3 is 3.00 bits per heavy atom. The first kappa shape index (κ1) is 13.3. The Morgan fingerprint density at radius 2 is 2.35 bits per heavy atom. The third-order valence-electron chi connectivity index (χ3n) is 2.31. The van der Waals surface area contributed by atoms with Crippen molar-refractivity contribution in [3.05, 3.63) is 18.3 Å². The maximum atomic E-state index is 11.7. The summed E-state index contributed by atoms with van der Waals surface area (Å²) in [6.45, 7) is 4.06. The van der Waals surface area contributed by atoms with E-state index in [2.05, 4.69) is 22.5 Å². The molecule has 0 radical (unpaired) electrons. The minimum atomic E-state index is -0.239. The number of ether oxygens (including phenoxy) is 1. The van der Waals surface area contributed by atoms with E-state index in [0.717, 1.165) is 12.8 Å². The molecular weight excluding hydrogens is 218 g/mol. The van der Waals surface area contributed by atoms with E-state index >= 15 is 0 Å². The Kier molecular flexibility index (Phi) is 5.26. The van der Waals surface area contributed by atoms with Crippen molar-refractivity contribution in [3.8, 4) is 5.88 Å². The minimum absolute atomic E-state index is 0.155. The molecule has 0 aromatic carbocycles. The molecule has 0 unspecified atom stereocenters. The average molecular weight is 237 g/mol. The van der Waals surface area contributed by atoms with Gasteiger partial charge in [-0.05, 0) is 25.5 Å². The predicted octanol–water partition coefficient (Wildman–Crippen LogP) is 2.40. The SMILES string of the molecule is CCC[C@@H](C)NC(=O)Nc1cccnc1OC. The van der Waals surface area contributed by atoms with Gasteiger partial charge in [0.1, 0.15) is 5.69 Å². The van der Waals surface area contributed by atoms with E-state index in [0.29, 0.717) is 11.6 Å². The summed E-state index contributed by atoms with van der Waals surface area (Å²) in [6, 6.07) is 3.41. The fraction of sp³-hybridized carbons (Fsp3) is 0.500. The van der Waals surface area contributed by atoms with Gasteiger partial charge in [-0.1, -0.05) is 13.3 Å². The Morgan fingerprint density at radius 1 is 1.59 bits per heavy atom. The largest absolute Gasteiger partial charge is 0.480 e.